The van der Waals surface area contributed by atoms with E-state index in [-0.39, 0.29) is 28.8 Å². The van der Waals surface area contributed by atoms with E-state index in [4.69, 9.17) is 9.84 Å². The largest absolute Gasteiger partial charge is 0.481 e. The van der Waals surface area contributed by atoms with Crippen LogP contribution in [0.25, 0.3) is 11.2 Å². The zero-order valence-corrected chi connectivity index (χ0v) is 17.3. The third-order valence-electron chi connectivity index (χ3n) is 4.37. The lowest BCUT2D eigenvalue weighted by atomic mass is 10.2. The highest BCUT2D eigenvalue weighted by Crippen LogP contribution is 2.28. The molecule has 2 heterocycles. The Balaban J connectivity index is 1.76. The summed E-state index contributed by atoms with van der Waals surface area (Å²) in [6, 6.07) is 17.7. The van der Waals surface area contributed by atoms with Gasteiger partial charge in [0.25, 0.3) is 5.88 Å². The molecule has 2 amide bonds. The molecule has 33 heavy (non-hydrogen) atoms. The van der Waals surface area contributed by atoms with Crippen LogP contribution in [0.15, 0.2) is 60.7 Å². The van der Waals surface area contributed by atoms with Crippen LogP contribution in [-0.2, 0) is 16.0 Å². The van der Waals surface area contributed by atoms with Crippen LogP contribution >= 0.6 is 0 Å². The molecule has 0 bridgehead atoms. The van der Waals surface area contributed by atoms with Crippen molar-refractivity contribution in [2.45, 2.75) is 13.3 Å². The molecule has 0 aliphatic heterocycles. The maximum Gasteiger partial charge on any atom is 0.425 e. The quantitative estimate of drug-likeness (QED) is 0.408. The summed E-state index contributed by atoms with van der Waals surface area (Å²) in [5.74, 6) is -1.82. The van der Waals surface area contributed by atoms with Gasteiger partial charge in [0, 0.05) is 6.92 Å². The van der Waals surface area contributed by atoms with Gasteiger partial charge in [-0.05, 0) is 24.3 Å². The second kappa shape index (κ2) is 9.14. The number of carboxylic acids is 1. The number of carbonyl (C=O) groups excluding carboxylic acids is 2. The van der Waals surface area contributed by atoms with E-state index < -0.39 is 24.4 Å². The predicted molar refractivity (Wildman–Crippen MR) is 118 cm³/mol. The molecule has 2 aromatic heterocycles. The Labute approximate surface area is 187 Å². The number of hydrogen-bond donors (Lipinski definition) is 3. The molecule has 0 atom stereocenters. The number of benzene rings is 2. The average Bonchev–Trinajstić information content (AvgIpc) is 3.17. The van der Waals surface area contributed by atoms with Crippen LogP contribution in [0.5, 0.6) is 5.88 Å². The minimum absolute atomic E-state index is 0.0405. The molecule has 11 nitrogen and oxygen atoms in total. The van der Waals surface area contributed by atoms with E-state index in [1.165, 1.54) is 11.8 Å². The van der Waals surface area contributed by atoms with Crippen molar-refractivity contribution in [3.63, 3.8) is 0 Å². The van der Waals surface area contributed by atoms with Crippen LogP contribution in [0.2, 0.25) is 0 Å². The van der Waals surface area contributed by atoms with Gasteiger partial charge < -0.3 is 14.8 Å². The Morgan fingerprint density at radius 1 is 0.970 bits per heavy atom. The van der Waals surface area contributed by atoms with E-state index in [1.807, 2.05) is 12.1 Å². The average molecular weight is 446 g/mol. The summed E-state index contributed by atoms with van der Waals surface area (Å²) < 4.78 is 5.61. The van der Waals surface area contributed by atoms with Crippen LogP contribution in [0.4, 0.5) is 22.1 Å². The third kappa shape index (κ3) is 4.93. The monoisotopic (exact) mass is 446 g/mol. The van der Waals surface area contributed by atoms with Crippen molar-refractivity contribution in [1.82, 2.24) is 19.9 Å². The minimum atomic E-state index is -1.11. The number of aliphatic carboxylic acids is 1. The molecule has 0 aliphatic rings. The fourth-order valence-electron chi connectivity index (χ4n) is 3.08. The van der Waals surface area contributed by atoms with Gasteiger partial charge in [-0.1, -0.05) is 36.4 Å². The first-order chi connectivity index (χ1) is 15.9. The minimum Gasteiger partial charge on any atom is -0.481 e. The molecule has 0 saturated carbocycles. The third-order valence-corrected chi connectivity index (χ3v) is 4.37. The Kier molecular flexibility index (Phi) is 5.94. The van der Waals surface area contributed by atoms with Crippen molar-refractivity contribution in [2.75, 3.05) is 10.2 Å². The number of ether oxygens (including phenoxy) is 1. The number of amides is 2. The molecule has 2 aromatic carbocycles. The highest BCUT2D eigenvalue weighted by Gasteiger charge is 2.24. The summed E-state index contributed by atoms with van der Waals surface area (Å²) in [7, 11) is 0. The molecule has 0 radical (unpaired) electrons. The van der Waals surface area contributed by atoms with Crippen molar-refractivity contribution < 1.29 is 24.2 Å². The van der Waals surface area contributed by atoms with Crippen LogP contribution in [-0.4, -0.2) is 43.0 Å². The number of carbonyl (C=O) groups is 3. The molecule has 166 valence electrons. The Bertz CT molecular complexity index is 1280. The lowest BCUT2D eigenvalue weighted by Crippen LogP contribution is -2.29. The van der Waals surface area contributed by atoms with Crippen molar-refractivity contribution in [3.8, 4) is 5.88 Å². The lowest BCUT2D eigenvalue weighted by molar-refractivity contribution is -0.136. The molecule has 0 aliphatic carbocycles. The number of imidazole rings is 1. The Hall–Kier alpha value is -4.80. The first-order valence-electron chi connectivity index (χ1n) is 9.79. The SMILES string of the molecule is CC(=O)Nc1nc(OC(=O)N(c2ccccc2)c2ccccc2)c2[nH]c(CC(=O)O)nc2n1. The lowest BCUT2D eigenvalue weighted by Gasteiger charge is -2.22. The molecule has 3 N–H and O–H groups in total. The molecule has 0 saturated heterocycles. The summed E-state index contributed by atoms with van der Waals surface area (Å²) in [5, 5.41) is 11.5. The topological polar surface area (TPSA) is 150 Å². The molecule has 4 rings (SSSR count). The molecule has 0 unspecified atom stereocenters. The summed E-state index contributed by atoms with van der Waals surface area (Å²) in [4.78, 5) is 52.3. The van der Waals surface area contributed by atoms with Gasteiger partial charge in [-0.25, -0.2) is 14.7 Å². The first-order valence-corrected chi connectivity index (χ1v) is 9.79. The summed E-state index contributed by atoms with van der Waals surface area (Å²) in [6.07, 6.45) is -1.19. The number of fused-ring (bicyclic) bond motifs is 1. The fraction of sp³-hybridized carbons (Fsp3) is 0.0909. The number of anilines is 3. The van der Waals surface area contributed by atoms with Gasteiger partial charge >= 0.3 is 12.1 Å². The van der Waals surface area contributed by atoms with E-state index >= 15 is 0 Å². The van der Waals surface area contributed by atoms with Gasteiger partial charge in [-0.3, -0.25) is 14.9 Å². The van der Waals surface area contributed by atoms with E-state index in [0.717, 1.165) is 0 Å². The normalized spacial score (nSPS) is 10.6. The summed E-state index contributed by atoms with van der Waals surface area (Å²) in [5.41, 5.74) is 1.27. The van der Waals surface area contributed by atoms with Crippen LogP contribution < -0.4 is 15.0 Å². The Morgan fingerprint density at radius 3 is 2.12 bits per heavy atom. The zero-order valence-electron chi connectivity index (χ0n) is 17.3. The molecule has 11 heteroatoms. The smallest absolute Gasteiger partial charge is 0.425 e. The number of carboxylic acid groups (broad SMARTS) is 1. The number of rotatable bonds is 6. The van der Waals surface area contributed by atoms with Crippen LogP contribution in [0.1, 0.15) is 12.7 Å². The van der Waals surface area contributed by atoms with Crippen LogP contribution in [0, 0.1) is 0 Å². The standard InChI is InChI=1S/C22H18N6O5/c1-13(29)23-21-26-19-18(24-16(25-19)12-17(30)31)20(27-21)33-22(32)28(14-8-4-2-5-9-14)15-10-6-3-7-11-15/h2-11H,12H2,1H3,(H,30,31)(H2,23,24,25,26,27,29). The number of para-hydroxylation sites is 2. The number of aromatic nitrogens is 4. The molecule has 0 spiro atoms. The zero-order chi connectivity index (χ0) is 23.4. The van der Waals surface area contributed by atoms with E-state index in [0.29, 0.717) is 11.4 Å². The maximum atomic E-state index is 13.3. The van der Waals surface area contributed by atoms with Gasteiger partial charge in [-0.2, -0.15) is 9.97 Å². The summed E-state index contributed by atoms with van der Waals surface area (Å²) >= 11 is 0. The highest BCUT2D eigenvalue weighted by atomic mass is 16.6. The molecule has 0 fully saturated rings. The van der Waals surface area contributed by atoms with Crippen LogP contribution in [0.3, 0.4) is 0 Å². The second-order valence-corrected chi connectivity index (χ2v) is 6.86. The molecule has 4 aromatic rings. The first kappa shape index (κ1) is 21.4. The van der Waals surface area contributed by atoms with E-state index in [2.05, 4.69) is 25.3 Å². The van der Waals surface area contributed by atoms with E-state index in [1.54, 1.807) is 48.5 Å². The predicted octanol–water partition coefficient (Wildman–Crippen LogP) is 3.28. The van der Waals surface area contributed by atoms with Crippen molar-refractivity contribution in [3.05, 3.63) is 66.5 Å². The number of H-pyrrole nitrogens is 1. The van der Waals surface area contributed by atoms with E-state index in [9.17, 15) is 14.4 Å². The van der Waals surface area contributed by atoms with Gasteiger partial charge in [-0.15, -0.1) is 0 Å². The van der Waals surface area contributed by atoms with Crippen molar-refractivity contribution >= 4 is 46.5 Å². The number of aromatic amines is 1. The molecular weight excluding hydrogens is 428 g/mol. The second-order valence-electron chi connectivity index (χ2n) is 6.86. The van der Waals surface area contributed by atoms with Crippen molar-refractivity contribution in [1.29, 1.82) is 0 Å². The van der Waals surface area contributed by atoms with Crippen molar-refractivity contribution in [2.24, 2.45) is 0 Å². The van der Waals surface area contributed by atoms with Gasteiger partial charge in [0.2, 0.25) is 11.9 Å². The molecular formula is C22H18N6O5. The number of nitrogens with zero attached hydrogens (tertiary/aromatic N) is 4. The maximum absolute atomic E-state index is 13.3. The summed E-state index contributed by atoms with van der Waals surface area (Å²) in [6.45, 7) is 1.27. The fourth-order valence-corrected chi connectivity index (χ4v) is 3.08. The highest BCUT2D eigenvalue weighted by molar-refractivity contribution is 5.98. The van der Waals surface area contributed by atoms with Gasteiger partial charge in [0.05, 0.1) is 11.4 Å². The Morgan fingerprint density at radius 2 is 1.58 bits per heavy atom. The van der Waals surface area contributed by atoms with Gasteiger partial charge in [0.1, 0.15) is 17.8 Å². The number of nitrogens with one attached hydrogen (secondary N) is 2. The van der Waals surface area contributed by atoms with Gasteiger partial charge in [0.15, 0.2) is 5.65 Å². The number of hydrogen-bond acceptors (Lipinski definition) is 7.